The molecule has 1 heterocycles. The van der Waals surface area contributed by atoms with E-state index in [4.69, 9.17) is 11.6 Å². The summed E-state index contributed by atoms with van der Waals surface area (Å²) in [4.78, 5) is 11.7. The van der Waals surface area contributed by atoms with E-state index in [9.17, 15) is 4.79 Å². The highest BCUT2D eigenvalue weighted by molar-refractivity contribution is 6.01. The van der Waals surface area contributed by atoms with E-state index in [0.717, 1.165) is 5.69 Å². The molecule has 0 aliphatic carbocycles. The molecule has 15 heavy (non-hydrogen) atoms. The predicted molar refractivity (Wildman–Crippen MR) is 58.0 cm³/mol. The third-order valence-electron chi connectivity index (χ3n) is 2.50. The zero-order chi connectivity index (χ0) is 10.8. The zero-order valence-corrected chi connectivity index (χ0v) is 8.31. The molecule has 1 aromatic rings. The number of rotatable bonds is 2. The Morgan fingerprint density at radius 2 is 2.13 bits per heavy atom. The molecular weight excluding hydrogens is 192 g/mol. The number of hydrogen-bond acceptors (Lipinski definition) is 4. The zero-order valence-electron chi connectivity index (χ0n) is 8.31. The molecule has 80 valence electrons. The van der Waals surface area contributed by atoms with Crippen molar-refractivity contribution in [3.05, 3.63) is 29.8 Å². The average Bonchev–Trinajstić information content (AvgIpc) is 2.26. The molecule has 2 rings (SSSR count). The number of benzene rings is 1. The monoisotopic (exact) mass is 206 g/mol. The summed E-state index contributed by atoms with van der Waals surface area (Å²) in [5, 5.41) is 4.36. The lowest BCUT2D eigenvalue weighted by atomic mass is 10.1. The van der Waals surface area contributed by atoms with E-state index >= 15 is 0 Å². The van der Waals surface area contributed by atoms with Crippen LogP contribution >= 0.6 is 0 Å². The molecule has 0 fully saturated rings. The lowest BCUT2D eigenvalue weighted by molar-refractivity contribution is 0.0925. The van der Waals surface area contributed by atoms with Gasteiger partial charge in [0.05, 0.1) is 11.3 Å². The summed E-state index contributed by atoms with van der Waals surface area (Å²) >= 11 is 0. The lowest BCUT2D eigenvalue weighted by Crippen LogP contribution is -2.56. The third kappa shape index (κ3) is 1.67. The number of carbonyl (C=O) groups is 1. The first-order valence-electron chi connectivity index (χ1n) is 4.88. The van der Waals surface area contributed by atoms with Gasteiger partial charge in [-0.3, -0.25) is 9.80 Å². The molecule has 1 aliphatic rings. The summed E-state index contributed by atoms with van der Waals surface area (Å²) in [7, 11) is 0. The van der Waals surface area contributed by atoms with Gasteiger partial charge in [0, 0.05) is 0 Å². The molecule has 0 saturated heterocycles. The van der Waals surface area contributed by atoms with E-state index in [1.165, 1.54) is 0 Å². The maximum Gasteiger partial charge on any atom is 0.255 e. The molecule has 0 bridgehead atoms. The Labute approximate surface area is 88.0 Å². The van der Waals surface area contributed by atoms with Gasteiger partial charge in [-0.05, 0) is 25.1 Å². The van der Waals surface area contributed by atoms with Crippen LogP contribution in [0.3, 0.4) is 0 Å². The van der Waals surface area contributed by atoms with Crippen LogP contribution in [0.2, 0.25) is 0 Å². The highest BCUT2D eigenvalue weighted by atomic mass is 16.2. The molecule has 0 spiro atoms. The van der Waals surface area contributed by atoms with E-state index < -0.39 is 0 Å². The first-order valence-corrected chi connectivity index (χ1v) is 4.88. The highest BCUT2D eigenvalue weighted by Gasteiger charge is 2.27. The van der Waals surface area contributed by atoms with Crippen molar-refractivity contribution in [1.29, 1.82) is 0 Å². The van der Waals surface area contributed by atoms with Gasteiger partial charge < -0.3 is 11.1 Å². The Bertz CT molecular complexity index is 379. The molecule has 5 nitrogen and oxygen atoms in total. The predicted octanol–water partition coefficient (Wildman–Crippen LogP) is -0.215. The van der Waals surface area contributed by atoms with Crippen LogP contribution in [0.15, 0.2) is 24.3 Å². The number of fused-ring (bicyclic) bond motifs is 1. The van der Waals surface area contributed by atoms with Crippen LogP contribution in [0, 0.1) is 0 Å². The molecule has 1 unspecified atom stereocenters. The number of nitrogens with two attached hydrogens (primary N) is 2. The van der Waals surface area contributed by atoms with Crippen molar-refractivity contribution < 1.29 is 4.79 Å². The first kappa shape index (κ1) is 9.95. The van der Waals surface area contributed by atoms with Gasteiger partial charge >= 0.3 is 0 Å². The van der Waals surface area contributed by atoms with E-state index in [1.807, 2.05) is 18.2 Å². The summed E-state index contributed by atoms with van der Waals surface area (Å²) in [5.41, 5.74) is 6.81. The van der Waals surface area contributed by atoms with Gasteiger partial charge in [0.25, 0.3) is 5.91 Å². The Balaban J connectivity index is 2.35. The molecule has 1 aromatic carbocycles. The SMILES string of the molecule is NCCC1NC(=O)c2ccccc2N1N. The van der Waals surface area contributed by atoms with Crippen molar-refractivity contribution in [2.24, 2.45) is 11.6 Å². The standard InChI is InChI=1S/C10H14N4O/c11-6-5-9-13-10(15)7-3-1-2-4-8(7)14(9)12/h1-4,9H,5-6,11-12H2,(H,13,15). The van der Waals surface area contributed by atoms with E-state index in [0.29, 0.717) is 18.5 Å². The second-order valence-corrected chi connectivity index (χ2v) is 3.49. The minimum Gasteiger partial charge on any atom is -0.330 e. The van der Waals surface area contributed by atoms with Crippen LogP contribution in [0.4, 0.5) is 5.69 Å². The van der Waals surface area contributed by atoms with Crippen molar-refractivity contribution in [2.45, 2.75) is 12.6 Å². The van der Waals surface area contributed by atoms with Crippen molar-refractivity contribution >= 4 is 11.6 Å². The van der Waals surface area contributed by atoms with Crippen LogP contribution in [-0.4, -0.2) is 18.6 Å². The van der Waals surface area contributed by atoms with Crippen molar-refractivity contribution in [1.82, 2.24) is 5.32 Å². The normalized spacial score (nSPS) is 19.7. The van der Waals surface area contributed by atoms with E-state index in [-0.39, 0.29) is 12.1 Å². The number of anilines is 1. The van der Waals surface area contributed by atoms with Gasteiger partial charge in [0.1, 0.15) is 6.17 Å². The third-order valence-corrected chi connectivity index (χ3v) is 2.50. The van der Waals surface area contributed by atoms with E-state index in [1.54, 1.807) is 11.1 Å². The maximum absolute atomic E-state index is 11.7. The summed E-state index contributed by atoms with van der Waals surface area (Å²) in [5.74, 6) is 5.81. The fourth-order valence-electron chi connectivity index (χ4n) is 1.73. The van der Waals surface area contributed by atoms with Crippen LogP contribution in [-0.2, 0) is 0 Å². The Morgan fingerprint density at radius 3 is 2.87 bits per heavy atom. The molecule has 0 saturated carbocycles. The smallest absolute Gasteiger partial charge is 0.255 e. The molecular formula is C10H14N4O. The number of hydrazine groups is 1. The summed E-state index contributed by atoms with van der Waals surface area (Å²) in [6.45, 7) is 0.487. The molecule has 1 atom stereocenters. The van der Waals surface area contributed by atoms with Gasteiger partial charge in [-0.25, -0.2) is 5.84 Å². The van der Waals surface area contributed by atoms with Gasteiger partial charge in [0.2, 0.25) is 0 Å². The van der Waals surface area contributed by atoms with Crippen LogP contribution in [0.1, 0.15) is 16.8 Å². The first-order chi connectivity index (χ1) is 7.24. The van der Waals surface area contributed by atoms with Crippen molar-refractivity contribution in [3.63, 3.8) is 0 Å². The average molecular weight is 206 g/mol. The summed E-state index contributed by atoms with van der Waals surface area (Å²) in [6.07, 6.45) is 0.425. The molecule has 1 aliphatic heterocycles. The Hall–Kier alpha value is -1.59. The molecule has 1 amide bonds. The Kier molecular flexibility index (Phi) is 2.57. The van der Waals surface area contributed by atoms with Gasteiger partial charge in [-0.2, -0.15) is 0 Å². The molecule has 0 radical (unpaired) electrons. The van der Waals surface area contributed by atoms with Crippen molar-refractivity contribution in [3.8, 4) is 0 Å². The second kappa shape index (κ2) is 3.88. The molecule has 0 aromatic heterocycles. The number of amides is 1. The van der Waals surface area contributed by atoms with Gasteiger partial charge in [-0.15, -0.1) is 0 Å². The number of hydrogen-bond donors (Lipinski definition) is 3. The second-order valence-electron chi connectivity index (χ2n) is 3.49. The summed E-state index contributed by atoms with van der Waals surface area (Å²) < 4.78 is 0. The quantitative estimate of drug-likeness (QED) is 0.584. The van der Waals surface area contributed by atoms with Crippen LogP contribution in [0.25, 0.3) is 0 Å². The lowest BCUT2D eigenvalue weighted by Gasteiger charge is -2.35. The highest BCUT2D eigenvalue weighted by Crippen LogP contribution is 2.23. The minimum absolute atomic E-state index is 0.0919. The number of nitrogens with zero attached hydrogens (tertiary/aromatic N) is 1. The largest absolute Gasteiger partial charge is 0.330 e. The minimum atomic E-state index is -0.211. The van der Waals surface area contributed by atoms with Crippen LogP contribution < -0.4 is 21.9 Å². The van der Waals surface area contributed by atoms with Gasteiger partial charge in [0.15, 0.2) is 0 Å². The Morgan fingerprint density at radius 1 is 1.40 bits per heavy atom. The fourth-order valence-corrected chi connectivity index (χ4v) is 1.73. The van der Waals surface area contributed by atoms with Gasteiger partial charge in [-0.1, -0.05) is 12.1 Å². The van der Waals surface area contributed by atoms with Crippen molar-refractivity contribution in [2.75, 3.05) is 11.6 Å². The number of nitrogens with one attached hydrogen (secondary N) is 1. The number of para-hydroxylation sites is 1. The number of carbonyl (C=O) groups excluding carboxylic acids is 1. The molecule has 5 heteroatoms. The summed E-state index contributed by atoms with van der Waals surface area (Å²) in [6, 6.07) is 7.26. The fraction of sp³-hybridized carbons (Fsp3) is 0.300. The van der Waals surface area contributed by atoms with E-state index in [2.05, 4.69) is 5.32 Å². The maximum atomic E-state index is 11.7. The topological polar surface area (TPSA) is 84.4 Å². The molecule has 5 N–H and O–H groups in total. The van der Waals surface area contributed by atoms with Crippen LogP contribution in [0.5, 0.6) is 0 Å².